The van der Waals surface area contributed by atoms with Crippen LogP contribution in [-0.2, 0) is 4.79 Å². The smallest absolute Gasteiger partial charge is 0.341 e. The SMILES string of the molecule is O=C(O)C1(F)CCC2(CC2)CC1. The predicted molar refractivity (Wildman–Crippen MR) is 41.6 cm³/mol. The average molecular weight is 172 g/mol. The Labute approximate surface area is 70.8 Å². The van der Waals surface area contributed by atoms with Gasteiger partial charge in [0.05, 0.1) is 0 Å². The minimum Gasteiger partial charge on any atom is -0.479 e. The van der Waals surface area contributed by atoms with Gasteiger partial charge >= 0.3 is 5.97 Å². The molecule has 1 N–H and O–H groups in total. The zero-order valence-electron chi connectivity index (χ0n) is 6.98. The van der Waals surface area contributed by atoms with Gasteiger partial charge in [-0.15, -0.1) is 0 Å². The van der Waals surface area contributed by atoms with E-state index >= 15 is 0 Å². The van der Waals surface area contributed by atoms with Crippen molar-refractivity contribution in [2.75, 3.05) is 0 Å². The van der Waals surface area contributed by atoms with E-state index in [1.54, 1.807) is 0 Å². The van der Waals surface area contributed by atoms with Crippen LogP contribution in [0.3, 0.4) is 0 Å². The fraction of sp³-hybridized carbons (Fsp3) is 0.889. The summed E-state index contributed by atoms with van der Waals surface area (Å²) in [5.74, 6) is -1.27. The summed E-state index contributed by atoms with van der Waals surface area (Å²) in [5.41, 5.74) is -1.54. The van der Waals surface area contributed by atoms with Gasteiger partial charge in [0, 0.05) is 0 Å². The fourth-order valence-corrected chi connectivity index (χ4v) is 2.07. The average Bonchev–Trinajstić information content (AvgIpc) is 2.77. The van der Waals surface area contributed by atoms with Gasteiger partial charge in [0.1, 0.15) is 0 Å². The molecule has 3 heteroatoms. The molecule has 2 nitrogen and oxygen atoms in total. The Hall–Kier alpha value is -0.600. The first-order valence-corrected chi connectivity index (χ1v) is 4.49. The Morgan fingerprint density at radius 3 is 1.83 bits per heavy atom. The van der Waals surface area contributed by atoms with E-state index < -0.39 is 11.6 Å². The summed E-state index contributed by atoms with van der Waals surface area (Å²) in [4.78, 5) is 10.5. The molecule has 1 spiro atoms. The Balaban J connectivity index is 2.01. The number of hydrogen-bond donors (Lipinski definition) is 1. The third-order valence-electron chi connectivity index (χ3n) is 3.44. The van der Waals surface area contributed by atoms with Crippen molar-refractivity contribution >= 4 is 5.97 Å². The van der Waals surface area contributed by atoms with Crippen LogP contribution in [0.4, 0.5) is 4.39 Å². The summed E-state index contributed by atoms with van der Waals surface area (Å²) >= 11 is 0. The minimum absolute atomic E-state index is 0.225. The molecule has 0 amide bonds. The highest BCUT2D eigenvalue weighted by molar-refractivity contribution is 5.77. The fourth-order valence-electron chi connectivity index (χ4n) is 2.07. The molecule has 0 radical (unpaired) electrons. The number of aliphatic carboxylic acids is 1. The number of rotatable bonds is 1. The Bertz CT molecular complexity index is 211. The van der Waals surface area contributed by atoms with Gasteiger partial charge in [-0.3, -0.25) is 0 Å². The highest BCUT2D eigenvalue weighted by Gasteiger charge is 2.52. The van der Waals surface area contributed by atoms with Crippen molar-refractivity contribution in [2.24, 2.45) is 5.41 Å². The number of carboxylic acids is 1. The monoisotopic (exact) mass is 172 g/mol. The van der Waals surface area contributed by atoms with Crippen molar-refractivity contribution in [3.05, 3.63) is 0 Å². The zero-order valence-corrected chi connectivity index (χ0v) is 6.98. The largest absolute Gasteiger partial charge is 0.479 e. The van der Waals surface area contributed by atoms with E-state index in [4.69, 9.17) is 5.11 Å². The third kappa shape index (κ3) is 1.11. The standard InChI is InChI=1S/C9H13FO2/c10-9(7(11)12)5-3-8(1-2-8)4-6-9/h1-6H2,(H,11,12). The molecular formula is C9H13FO2. The van der Waals surface area contributed by atoms with Crippen molar-refractivity contribution < 1.29 is 14.3 Å². The topological polar surface area (TPSA) is 37.3 Å². The molecule has 0 aliphatic heterocycles. The van der Waals surface area contributed by atoms with Gasteiger partial charge in [-0.1, -0.05) is 0 Å². The van der Waals surface area contributed by atoms with E-state index in [0.29, 0.717) is 5.41 Å². The van der Waals surface area contributed by atoms with Crippen molar-refractivity contribution in [3.8, 4) is 0 Å². The molecule has 2 fully saturated rings. The highest BCUT2D eigenvalue weighted by atomic mass is 19.1. The molecule has 12 heavy (non-hydrogen) atoms. The second-order valence-corrected chi connectivity index (χ2v) is 4.27. The normalized spacial score (nSPS) is 30.1. The second kappa shape index (κ2) is 2.21. The van der Waals surface area contributed by atoms with Crippen molar-refractivity contribution in [3.63, 3.8) is 0 Å². The summed E-state index contributed by atoms with van der Waals surface area (Å²) < 4.78 is 13.5. The lowest BCUT2D eigenvalue weighted by atomic mass is 9.78. The molecule has 0 unspecified atom stereocenters. The quantitative estimate of drug-likeness (QED) is 0.657. The maximum Gasteiger partial charge on any atom is 0.341 e. The lowest BCUT2D eigenvalue weighted by Crippen LogP contribution is -2.38. The number of halogens is 1. The predicted octanol–water partition coefficient (Wildman–Crippen LogP) is 2.13. The third-order valence-corrected chi connectivity index (χ3v) is 3.44. The van der Waals surface area contributed by atoms with Crippen LogP contribution in [0.15, 0.2) is 0 Å². The van der Waals surface area contributed by atoms with E-state index in [1.165, 1.54) is 12.8 Å². The minimum atomic E-state index is -1.91. The van der Waals surface area contributed by atoms with Crippen LogP contribution in [0.1, 0.15) is 38.5 Å². The summed E-state index contributed by atoms with van der Waals surface area (Å²) in [6.07, 6.45) is 4.36. The second-order valence-electron chi connectivity index (χ2n) is 4.27. The maximum absolute atomic E-state index is 13.5. The molecular weight excluding hydrogens is 159 g/mol. The van der Waals surface area contributed by atoms with Crippen LogP contribution in [0.5, 0.6) is 0 Å². The van der Waals surface area contributed by atoms with Gasteiger partial charge in [-0.2, -0.15) is 0 Å². The molecule has 0 heterocycles. The van der Waals surface area contributed by atoms with E-state index in [-0.39, 0.29) is 12.8 Å². The number of hydrogen-bond acceptors (Lipinski definition) is 1. The van der Waals surface area contributed by atoms with Gasteiger partial charge in [-0.05, 0) is 43.9 Å². The van der Waals surface area contributed by atoms with Crippen molar-refractivity contribution in [1.29, 1.82) is 0 Å². The van der Waals surface area contributed by atoms with Crippen molar-refractivity contribution in [1.82, 2.24) is 0 Å². The first-order chi connectivity index (χ1) is 5.56. The molecule has 68 valence electrons. The molecule has 2 saturated carbocycles. The molecule has 2 aliphatic carbocycles. The summed E-state index contributed by atoms with van der Waals surface area (Å²) in [6.45, 7) is 0. The van der Waals surface area contributed by atoms with E-state index in [2.05, 4.69) is 0 Å². The van der Waals surface area contributed by atoms with Gasteiger partial charge in [-0.25, -0.2) is 9.18 Å². The number of carboxylic acid groups (broad SMARTS) is 1. The zero-order chi connectivity index (χ0) is 8.82. The van der Waals surface area contributed by atoms with Gasteiger partial charge in [0.15, 0.2) is 0 Å². The van der Waals surface area contributed by atoms with Crippen LogP contribution >= 0.6 is 0 Å². The van der Waals surface area contributed by atoms with E-state index in [1.807, 2.05) is 0 Å². The molecule has 0 atom stereocenters. The van der Waals surface area contributed by atoms with Crippen LogP contribution in [-0.4, -0.2) is 16.7 Å². The molecule has 0 saturated heterocycles. The van der Waals surface area contributed by atoms with Crippen LogP contribution < -0.4 is 0 Å². The Morgan fingerprint density at radius 1 is 1.08 bits per heavy atom. The van der Waals surface area contributed by atoms with E-state index in [0.717, 1.165) is 12.8 Å². The molecule has 0 aromatic heterocycles. The van der Waals surface area contributed by atoms with Crippen molar-refractivity contribution in [2.45, 2.75) is 44.2 Å². The highest BCUT2D eigenvalue weighted by Crippen LogP contribution is 2.58. The maximum atomic E-state index is 13.5. The summed E-state index contributed by atoms with van der Waals surface area (Å²) in [6, 6.07) is 0. The van der Waals surface area contributed by atoms with E-state index in [9.17, 15) is 9.18 Å². The molecule has 0 bridgehead atoms. The Kier molecular flexibility index (Phi) is 1.48. The first kappa shape index (κ1) is 8.02. The van der Waals surface area contributed by atoms with Gasteiger partial charge < -0.3 is 5.11 Å². The number of carbonyl (C=O) groups is 1. The van der Waals surface area contributed by atoms with Gasteiger partial charge in [0.2, 0.25) is 5.67 Å². The van der Waals surface area contributed by atoms with Crippen LogP contribution in [0.25, 0.3) is 0 Å². The number of alkyl halides is 1. The lowest BCUT2D eigenvalue weighted by Gasteiger charge is -2.30. The lowest BCUT2D eigenvalue weighted by molar-refractivity contribution is -0.154. The van der Waals surface area contributed by atoms with Crippen LogP contribution in [0, 0.1) is 5.41 Å². The molecule has 2 aliphatic rings. The molecule has 0 aromatic rings. The summed E-state index contributed by atoms with van der Waals surface area (Å²) in [7, 11) is 0. The molecule has 0 aromatic carbocycles. The van der Waals surface area contributed by atoms with Gasteiger partial charge in [0.25, 0.3) is 0 Å². The van der Waals surface area contributed by atoms with Crippen LogP contribution in [0.2, 0.25) is 0 Å². The Morgan fingerprint density at radius 2 is 1.50 bits per heavy atom. The summed E-state index contributed by atoms with van der Waals surface area (Å²) in [5, 5.41) is 8.61. The first-order valence-electron chi connectivity index (χ1n) is 4.49. The molecule has 2 rings (SSSR count).